The summed E-state index contributed by atoms with van der Waals surface area (Å²) in [6, 6.07) is 5.51. The zero-order valence-electron chi connectivity index (χ0n) is 18.4. The molecular weight excluding hydrogens is 501 g/mol. The lowest BCUT2D eigenvalue weighted by Gasteiger charge is -2.12. The first-order chi connectivity index (χ1) is 16.8. The van der Waals surface area contributed by atoms with Crippen molar-refractivity contribution in [1.29, 1.82) is 0 Å². The topological polar surface area (TPSA) is 85.6 Å². The van der Waals surface area contributed by atoms with Crippen LogP contribution in [0.2, 0.25) is 0 Å². The summed E-state index contributed by atoms with van der Waals surface area (Å²) in [6.07, 6.45) is -1.31. The van der Waals surface area contributed by atoms with Gasteiger partial charge in [-0.05, 0) is 55.7 Å². The lowest BCUT2D eigenvalue weighted by atomic mass is 9.95. The van der Waals surface area contributed by atoms with Crippen LogP contribution in [0.1, 0.15) is 56.7 Å². The molecule has 12 heteroatoms. The smallest absolute Gasteiger partial charge is 0.433 e. The van der Waals surface area contributed by atoms with Gasteiger partial charge in [-0.3, -0.25) is 4.79 Å². The molecule has 0 saturated heterocycles. The minimum atomic E-state index is -4.71. The number of nitrogens with zero attached hydrogens (tertiary/aromatic N) is 3. The molecule has 4 aromatic heterocycles. The molecule has 182 valence electrons. The summed E-state index contributed by atoms with van der Waals surface area (Å²) in [6.45, 7) is 1.88. The monoisotopic (exact) mass is 520 g/mol. The van der Waals surface area contributed by atoms with Gasteiger partial charge in [0, 0.05) is 10.9 Å². The quantitative estimate of drug-likeness (QED) is 0.334. The third-order valence-corrected chi connectivity index (χ3v) is 7.70. The van der Waals surface area contributed by atoms with Gasteiger partial charge in [-0.25, -0.2) is 14.3 Å². The summed E-state index contributed by atoms with van der Waals surface area (Å²) >= 11 is 2.55. The van der Waals surface area contributed by atoms with Crippen LogP contribution in [-0.4, -0.2) is 33.1 Å². The second-order valence-electron chi connectivity index (χ2n) is 7.89. The molecule has 1 aliphatic rings. The molecule has 0 aliphatic heterocycles. The maximum atomic E-state index is 13.8. The molecule has 0 saturated carbocycles. The number of nitrogens with one attached hydrogen (secondary N) is 1. The van der Waals surface area contributed by atoms with Crippen LogP contribution in [0.15, 0.2) is 29.6 Å². The van der Waals surface area contributed by atoms with E-state index in [1.54, 1.807) is 24.4 Å². The first kappa shape index (κ1) is 23.5. The van der Waals surface area contributed by atoms with E-state index in [-0.39, 0.29) is 23.6 Å². The zero-order chi connectivity index (χ0) is 24.7. The van der Waals surface area contributed by atoms with Crippen LogP contribution in [0.5, 0.6) is 0 Å². The number of rotatable bonds is 5. The van der Waals surface area contributed by atoms with E-state index in [9.17, 15) is 22.8 Å². The number of ether oxygens (including phenoxy) is 1. The maximum absolute atomic E-state index is 13.8. The van der Waals surface area contributed by atoms with E-state index in [1.807, 2.05) is 0 Å². The standard InChI is InChI=1S/C23H19F3N4O3S2/c1-2-33-22(32)19-12-6-3-4-7-15(12)35-21(19)28-20(31)14-11-18-27-13(16-8-5-9-34-16)10-17(23(24,25)26)30(18)29-14/h5,8-11H,2-4,6-7H2,1H3,(H,28,31). The molecular formula is C23H19F3N4O3S2. The number of hydrogen-bond donors (Lipinski definition) is 1. The number of carbonyl (C=O) groups excluding carboxylic acids is 2. The van der Waals surface area contributed by atoms with E-state index in [2.05, 4.69) is 15.4 Å². The molecule has 4 heterocycles. The third kappa shape index (κ3) is 4.43. The number of aryl methyl sites for hydroxylation is 1. The molecule has 0 radical (unpaired) electrons. The van der Waals surface area contributed by atoms with Crippen molar-refractivity contribution in [2.45, 2.75) is 38.8 Å². The molecule has 7 nitrogen and oxygen atoms in total. The van der Waals surface area contributed by atoms with Crippen LogP contribution in [0.3, 0.4) is 0 Å². The van der Waals surface area contributed by atoms with Crippen LogP contribution in [0.4, 0.5) is 18.2 Å². The summed E-state index contributed by atoms with van der Waals surface area (Å²) < 4.78 is 47.2. The number of esters is 1. The highest BCUT2D eigenvalue weighted by molar-refractivity contribution is 7.17. The minimum absolute atomic E-state index is 0.107. The Morgan fingerprint density at radius 2 is 2.03 bits per heavy atom. The van der Waals surface area contributed by atoms with Crippen molar-refractivity contribution in [3.63, 3.8) is 0 Å². The molecule has 0 unspecified atom stereocenters. The molecule has 0 atom stereocenters. The first-order valence-electron chi connectivity index (χ1n) is 10.9. The highest BCUT2D eigenvalue weighted by Gasteiger charge is 2.36. The summed E-state index contributed by atoms with van der Waals surface area (Å²) in [4.78, 5) is 31.6. The van der Waals surface area contributed by atoms with Gasteiger partial charge in [-0.15, -0.1) is 22.7 Å². The van der Waals surface area contributed by atoms with Crippen LogP contribution >= 0.6 is 22.7 Å². The van der Waals surface area contributed by atoms with Crippen LogP contribution in [0, 0.1) is 0 Å². The van der Waals surface area contributed by atoms with Crippen molar-refractivity contribution < 1.29 is 27.5 Å². The number of thiophene rings is 2. The molecule has 1 N–H and O–H groups in total. The van der Waals surface area contributed by atoms with Gasteiger partial charge in [-0.2, -0.15) is 18.3 Å². The van der Waals surface area contributed by atoms with Gasteiger partial charge in [0.25, 0.3) is 5.91 Å². The van der Waals surface area contributed by atoms with Crippen LogP contribution in [-0.2, 0) is 23.8 Å². The summed E-state index contributed by atoms with van der Waals surface area (Å²) in [7, 11) is 0. The lowest BCUT2D eigenvalue weighted by Crippen LogP contribution is -2.17. The van der Waals surface area contributed by atoms with Gasteiger partial charge >= 0.3 is 12.1 Å². The average molecular weight is 521 g/mol. The fourth-order valence-electron chi connectivity index (χ4n) is 4.08. The summed E-state index contributed by atoms with van der Waals surface area (Å²) in [5.41, 5.74) is -0.0627. The van der Waals surface area contributed by atoms with E-state index in [1.165, 1.54) is 28.7 Å². The maximum Gasteiger partial charge on any atom is 0.433 e. The molecule has 0 aromatic carbocycles. The number of anilines is 1. The molecule has 0 bridgehead atoms. The summed E-state index contributed by atoms with van der Waals surface area (Å²) in [5, 5.41) is 8.65. The number of carbonyl (C=O) groups is 2. The van der Waals surface area contributed by atoms with Gasteiger partial charge in [0.2, 0.25) is 0 Å². The van der Waals surface area contributed by atoms with Crippen molar-refractivity contribution in [2.24, 2.45) is 0 Å². The number of hydrogen-bond acceptors (Lipinski definition) is 7. The minimum Gasteiger partial charge on any atom is -0.462 e. The predicted octanol–water partition coefficient (Wildman–Crippen LogP) is 5.85. The number of halogens is 3. The Kier molecular flexibility index (Phi) is 6.09. The van der Waals surface area contributed by atoms with Gasteiger partial charge in [-0.1, -0.05) is 6.07 Å². The largest absolute Gasteiger partial charge is 0.462 e. The molecule has 5 rings (SSSR count). The average Bonchev–Trinajstić information content (AvgIpc) is 3.55. The first-order valence-corrected chi connectivity index (χ1v) is 12.6. The second-order valence-corrected chi connectivity index (χ2v) is 9.94. The molecule has 35 heavy (non-hydrogen) atoms. The molecule has 1 amide bonds. The third-order valence-electron chi connectivity index (χ3n) is 5.60. The SMILES string of the molecule is CCOC(=O)c1c(NC(=O)c2cc3nc(-c4cccs4)cc(C(F)(F)F)n3n2)sc2c1CCCC2. The van der Waals surface area contributed by atoms with Crippen molar-refractivity contribution in [2.75, 3.05) is 11.9 Å². The van der Waals surface area contributed by atoms with Crippen LogP contribution < -0.4 is 5.32 Å². The summed E-state index contributed by atoms with van der Waals surface area (Å²) in [5.74, 6) is -1.26. The van der Waals surface area contributed by atoms with Crippen molar-refractivity contribution in [3.8, 4) is 10.6 Å². The van der Waals surface area contributed by atoms with Crippen molar-refractivity contribution >= 4 is 45.2 Å². The lowest BCUT2D eigenvalue weighted by molar-refractivity contribution is -0.142. The fraction of sp³-hybridized carbons (Fsp3) is 0.304. The van der Waals surface area contributed by atoms with Gasteiger partial charge in [0.15, 0.2) is 17.0 Å². The molecule has 0 fully saturated rings. The second kappa shape index (κ2) is 9.08. The van der Waals surface area contributed by atoms with E-state index in [0.29, 0.717) is 26.4 Å². The van der Waals surface area contributed by atoms with E-state index in [4.69, 9.17) is 4.74 Å². The molecule has 1 aliphatic carbocycles. The van der Waals surface area contributed by atoms with E-state index < -0.39 is 23.7 Å². The highest BCUT2D eigenvalue weighted by atomic mass is 32.1. The number of aromatic nitrogens is 3. The number of fused-ring (bicyclic) bond motifs is 2. The van der Waals surface area contributed by atoms with Crippen molar-refractivity contribution in [3.05, 3.63) is 57.0 Å². The Balaban J connectivity index is 1.54. The van der Waals surface area contributed by atoms with Gasteiger partial charge in [0.05, 0.1) is 22.7 Å². The fourth-order valence-corrected chi connectivity index (χ4v) is 6.04. The molecule has 0 spiro atoms. The van der Waals surface area contributed by atoms with E-state index >= 15 is 0 Å². The normalized spacial score (nSPS) is 13.6. The van der Waals surface area contributed by atoms with Gasteiger partial charge in [0.1, 0.15) is 5.00 Å². The van der Waals surface area contributed by atoms with E-state index in [0.717, 1.165) is 35.8 Å². The Bertz CT molecular complexity index is 1420. The molecule has 4 aromatic rings. The van der Waals surface area contributed by atoms with Gasteiger partial charge < -0.3 is 10.1 Å². The van der Waals surface area contributed by atoms with Crippen molar-refractivity contribution in [1.82, 2.24) is 14.6 Å². The predicted molar refractivity (Wildman–Crippen MR) is 126 cm³/mol. The zero-order valence-corrected chi connectivity index (χ0v) is 20.1. The Hall–Kier alpha value is -3.25. The van der Waals surface area contributed by atoms with Crippen LogP contribution in [0.25, 0.3) is 16.2 Å². The number of amides is 1. The highest BCUT2D eigenvalue weighted by Crippen LogP contribution is 2.39. The Morgan fingerprint density at radius 3 is 2.74 bits per heavy atom. The number of alkyl halides is 3. The Morgan fingerprint density at radius 1 is 1.23 bits per heavy atom. The Labute approximate surface area is 205 Å².